The van der Waals surface area contributed by atoms with Gasteiger partial charge in [0, 0.05) is 11.1 Å². The fourth-order valence-corrected chi connectivity index (χ4v) is 5.93. The van der Waals surface area contributed by atoms with Gasteiger partial charge >= 0.3 is 0 Å². The minimum absolute atomic E-state index is 0.000564. The van der Waals surface area contributed by atoms with Gasteiger partial charge in [0.05, 0.1) is 17.1 Å². The first-order valence-electron chi connectivity index (χ1n) is 9.09. The van der Waals surface area contributed by atoms with Crippen LogP contribution in [0.3, 0.4) is 0 Å². The smallest absolute Gasteiger partial charge is 0.252 e. The van der Waals surface area contributed by atoms with Gasteiger partial charge in [-0.25, -0.2) is 13.3 Å². The van der Waals surface area contributed by atoms with Crippen LogP contribution in [0.2, 0.25) is 10.0 Å². The van der Waals surface area contributed by atoms with Gasteiger partial charge in [0.15, 0.2) is 0 Å². The summed E-state index contributed by atoms with van der Waals surface area (Å²) in [4.78, 5) is 26.6. The fourth-order valence-electron chi connectivity index (χ4n) is 3.34. The standard InChI is InChI=1S/C20H20Cl2N2O4S/c1-3-13(2)24(29(27,28)18-11-14(21)9-10-16(18)22)17-12-19(25)23(20(17)26)15-7-5-4-6-8-15/h4-11,13,17H,3,12H2,1-2H3. The van der Waals surface area contributed by atoms with E-state index in [-0.39, 0.29) is 21.4 Å². The van der Waals surface area contributed by atoms with E-state index in [0.717, 1.165) is 9.21 Å². The molecule has 1 saturated heterocycles. The van der Waals surface area contributed by atoms with E-state index >= 15 is 0 Å². The van der Waals surface area contributed by atoms with Crippen molar-refractivity contribution in [2.24, 2.45) is 0 Å². The van der Waals surface area contributed by atoms with Crippen LogP contribution in [0.15, 0.2) is 53.4 Å². The Morgan fingerprint density at radius 2 is 1.79 bits per heavy atom. The summed E-state index contributed by atoms with van der Waals surface area (Å²) in [5.74, 6) is -1.03. The van der Waals surface area contributed by atoms with Gasteiger partial charge in [-0.1, -0.05) is 48.3 Å². The van der Waals surface area contributed by atoms with E-state index in [1.807, 2.05) is 6.92 Å². The molecular weight excluding hydrogens is 435 g/mol. The van der Waals surface area contributed by atoms with Crippen molar-refractivity contribution in [2.45, 2.75) is 43.7 Å². The minimum atomic E-state index is -4.19. The molecule has 2 aromatic carbocycles. The molecule has 9 heteroatoms. The maximum atomic E-state index is 13.5. The summed E-state index contributed by atoms with van der Waals surface area (Å²) in [6, 6.07) is 10.9. The highest BCUT2D eigenvalue weighted by Crippen LogP contribution is 2.34. The highest BCUT2D eigenvalue weighted by Gasteiger charge is 2.48. The van der Waals surface area contributed by atoms with E-state index in [1.165, 1.54) is 18.2 Å². The number of benzene rings is 2. The third kappa shape index (κ3) is 4.05. The van der Waals surface area contributed by atoms with Gasteiger partial charge in [-0.3, -0.25) is 9.59 Å². The summed E-state index contributed by atoms with van der Waals surface area (Å²) < 4.78 is 28.1. The normalized spacial score (nSPS) is 18.5. The Hall–Kier alpha value is -1.93. The molecule has 6 nitrogen and oxygen atoms in total. The van der Waals surface area contributed by atoms with Crippen molar-refractivity contribution < 1.29 is 18.0 Å². The van der Waals surface area contributed by atoms with Crippen LogP contribution < -0.4 is 4.90 Å². The van der Waals surface area contributed by atoms with E-state index in [1.54, 1.807) is 37.3 Å². The maximum absolute atomic E-state index is 13.5. The lowest BCUT2D eigenvalue weighted by molar-refractivity contribution is -0.122. The van der Waals surface area contributed by atoms with Crippen LogP contribution >= 0.6 is 23.2 Å². The van der Waals surface area contributed by atoms with E-state index in [0.29, 0.717) is 12.1 Å². The molecule has 1 fully saturated rings. The topological polar surface area (TPSA) is 74.8 Å². The van der Waals surface area contributed by atoms with Crippen molar-refractivity contribution >= 4 is 50.7 Å². The maximum Gasteiger partial charge on any atom is 0.252 e. The molecule has 0 N–H and O–H groups in total. The predicted molar refractivity (Wildman–Crippen MR) is 113 cm³/mol. The lowest BCUT2D eigenvalue weighted by atomic mass is 10.2. The Bertz CT molecular complexity index is 1040. The van der Waals surface area contributed by atoms with Crippen molar-refractivity contribution in [3.63, 3.8) is 0 Å². The van der Waals surface area contributed by atoms with Gasteiger partial charge in [0.1, 0.15) is 10.9 Å². The first-order valence-corrected chi connectivity index (χ1v) is 11.3. The first-order chi connectivity index (χ1) is 13.7. The largest absolute Gasteiger partial charge is 0.274 e. The molecule has 1 heterocycles. The summed E-state index contributed by atoms with van der Waals surface area (Å²) in [6.45, 7) is 3.50. The Labute approximate surface area is 180 Å². The number of sulfonamides is 1. The Balaban J connectivity index is 2.07. The molecule has 1 aliphatic heterocycles. The van der Waals surface area contributed by atoms with E-state index < -0.39 is 33.9 Å². The van der Waals surface area contributed by atoms with Gasteiger partial charge in [0.25, 0.3) is 5.91 Å². The molecule has 29 heavy (non-hydrogen) atoms. The summed E-state index contributed by atoms with van der Waals surface area (Å²) in [5, 5.41) is 0.205. The zero-order valence-corrected chi connectivity index (χ0v) is 18.2. The molecule has 2 atom stereocenters. The molecule has 1 aliphatic rings. The van der Waals surface area contributed by atoms with Gasteiger partial charge in [-0.05, 0) is 43.7 Å². The number of nitrogens with zero attached hydrogens (tertiary/aromatic N) is 2. The van der Waals surface area contributed by atoms with Crippen molar-refractivity contribution in [2.75, 3.05) is 4.90 Å². The third-order valence-corrected chi connectivity index (χ3v) is 7.66. The molecule has 0 saturated carbocycles. The number of para-hydroxylation sites is 1. The molecule has 0 spiro atoms. The van der Waals surface area contributed by atoms with Crippen LogP contribution in [0.1, 0.15) is 26.7 Å². The molecule has 0 radical (unpaired) electrons. The predicted octanol–water partition coefficient (Wildman–Crippen LogP) is 4.11. The lowest BCUT2D eigenvalue weighted by Gasteiger charge is -2.32. The Morgan fingerprint density at radius 3 is 2.41 bits per heavy atom. The molecule has 3 rings (SSSR count). The number of hydrogen-bond acceptors (Lipinski definition) is 4. The molecule has 0 aromatic heterocycles. The average molecular weight is 455 g/mol. The number of carbonyl (C=O) groups is 2. The van der Waals surface area contributed by atoms with Crippen molar-refractivity contribution in [3.05, 3.63) is 58.6 Å². The van der Waals surface area contributed by atoms with Crippen LogP contribution in [0.4, 0.5) is 5.69 Å². The zero-order chi connectivity index (χ0) is 21.3. The summed E-state index contributed by atoms with van der Waals surface area (Å²) in [7, 11) is -4.19. The molecule has 0 aliphatic carbocycles. The number of amides is 2. The second-order valence-corrected chi connectivity index (χ2v) is 9.45. The summed E-state index contributed by atoms with van der Waals surface area (Å²) >= 11 is 12.1. The van der Waals surface area contributed by atoms with Crippen LogP contribution in [-0.2, 0) is 19.6 Å². The van der Waals surface area contributed by atoms with Gasteiger partial charge in [-0.15, -0.1) is 0 Å². The summed E-state index contributed by atoms with van der Waals surface area (Å²) in [5.41, 5.74) is 0.410. The van der Waals surface area contributed by atoms with Crippen molar-refractivity contribution in [3.8, 4) is 0 Å². The number of anilines is 1. The Kier molecular flexibility index (Phi) is 6.33. The highest BCUT2D eigenvalue weighted by molar-refractivity contribution is 7.89. The van der Waals surface area contributed by atoms with Gasteiger partial charge in [0.2, 0.25) is 15.9 Å². The van der Waals surface area contributed by atoms with Crippen molar-refractivity contribution in [1.82, 2.24) is 4.31 Å². The van der Waals surface area contributed by atoms with E-state index in [4.69, 9.17) is 23.2 Å². The van der Waals surface area contributed by atoms with Crippen LogP contribution in [0.5, 0.6) is 0 Å². The molecule has 154 valence electrons. The average Bonchev–Trinajstić information content (AvgIpc) is 2.97. The minimum Gasteiger partial charge on any atom is -0.274 e. The van der Waals surface area contributed by atoms with Gasteiger partial charge < -0.3 is 0 Å². The molecule has 2 aromatic rings. The number of halogens is 2. The number of carbonyl (C=O) groups excluding carboxylic acids is 2. The van der Waals surface area contributed by atoms with E-state index in [2.05, 4.69) is 0 Å². The van der Waals surface area contributed by atoms with Crippen LogP contribution in [0, 0.1) is 0 Å². The van der Waals surface area contributed by atoms with Crippen LogP contribution in [-0.4, -0.2) is 36.6 Å². The third-order valence-electron chi connectivity index (χ3n) is 4.92. The number of hydrogen-bond donors (Lipinski definition) is 0. The monoisotopic (exact) mass is 454 g/mol. The second-order valence-electron chi connectivity index (χ2n) is 6.79. The van der Waals surface area contributed by atoms with Gasteiger partial charge in [-0.2, -0.15) is 4.31 Å². The number of imide groups is 1. The van der Waals surface area contributed by atoms with Crippen LogP contribution in [0.25, 0.3) is 0 Å². The van der Waals surface area contributed by atoms with E-state index in [9.17, 15) is 18.0 Å². The summed E-state index contributed by atoms with van der Waals surface area (Å²) in [6.07, 6.45) is 0.205. The lowest BCUT2D eigenvalue weighted by Crippen LogP contribution is -2.49. The molecular formula is C20H20Cl2N2O4S. The number of rotatable bonds is 6. The van der Waals surface area contributed by atoms with Crippen molar-refractivity contribution in [1.29, 1.82) is 0 Å². The molecule has 2 amide bonds. The molecule has 0 bridgehead atoms. The quantitative estimate of drug-likeness (QED) is 0.615. The first kappa shape index (κ1) is 21.8. The Morgan fingerprint density at radius 1 is 1.14 bits per heavy atom. The second kappa shape index (κ2) is 8.44. The highest BCUT2D eigenvalue weighted by atomic mass is 35.5. The zero-order valence-electron chi connectivity index (χ0n) is 15.9. The molecule has 2 unspecified atom stereocenters. The fraction of sp³-hybridized carbons (Fsp3) is 0.300. The SMILES string of the molecule is CCC(C)N(C1CC(=O)N(c2ccccc2)C1=O)S(=O)(=O)c1cc(Cl)ccc1Cl.